The van der Waals surface area contributed by atoms with Crippen LogP contribution < -0.4 is 4.74 Å². The summed E-state index contributed by atoms with van der Waals surface area (Å²) in [6.45, 7) is 12.2. The fourth-order valence-corrected chi connectivity index (χ4v) is 5.53. The Kier molecular flexibility index (Phi) is 8.55. The van der Waals surface area contributed by atoms with Crippen molar-refractivity contribution in [1.82, 2.24) is 0 Å². The van der Waals surface area contributed by atoms with E-state index in [4.69, 9.17) is 9.47 Å². The molecule has 0 radical (unpaired) electrons. The van der Waals surface area contributed by atoms with Gasteiger partial charge in [-0.2, -0.15) is 13.2 Å². The predicted molar refractivity (Wildman–Crippen MR) is 139 cm³/mol. The fourth-order valence-electron chi connectivity index (χ4n) is 4.57. The van der Waals surface area contributed by atoms with E-state index < -0.39 is 24.7 Å². The van der Waals surface area contributed by atoms with E-state index in [9.17, 15) is 18.0 Å². The molecule has 0 aliphatic heterocycles. The molecule has 1 atom stereocenters. The zero-order valence-corrected chi connectivity index (χ0v) is 22.4. The summed E-state index contributed by atoms with van der Waals surface area (Å²) in [5.74, 6) is 0.0769. The Balaban J connectivity index is 2.09. The van der Waals surface area contributed by atoms with E-state index in [1.54, 1.807) is 19.1 Å². The van der Waals surface area contributed by atoms with Crippen molar-refractivity contribution in [2.24, 2.45) is 0 Å². The van der Waals surface area contributed by atoms with Crippen molar-refractivity contribution < 1.29 is 27.4 Å². The van der Waals surface area contributed by atoms with Crippen LogP contribution in [-0.4, -0.2) is 18.8 Å². The second kappa shape index (κ2) is 11.1. The number of benzene rings is 2. The molecule has 3 rings (SSSR count). The summed E-state index contributed by atoms with van der Waals surface area (Å²) in [5.41, 5.74) is 4.82. The number of ether oxygens (including phenoxy) is 2. The first-order chi connectivity index (χ1) is 16.8. The summed E-state index contributed by atoms with van der Waals surface area (Å²) < 4.78 is 51.1. The third-order valence-electron chi connectivity index (χ3n) is 5.93. The molecule has 194 valence electrons. The molecule has 0 bridgehead atoms. The lowest BCUT2D eigenvalue weighted by Crippen LogP contribution is -2.19. The molecule has 1 heterocycles. The molecule has 0 aliphatic carbocycles. The number of hydrogen-bond acceptors (Lipinski definition) is 4. The van der Waals surface area contributed by atoms with Crippen LogP contribution in [0.1, 0.15) is 77.9 Å². The molecule has 0 saturated heterocycles. The first-order valence-corrected chi connectivity index (χ1v) is 12.8. The summed E-state index contributed by atoms with van der Waals surface area (Å²) in [6.07, 6.45) is -6.43. The van der Waals surface area contributed by atoms with Gasteiger partial charge in [-0.25, -0.2) is 4.79 Å². The van der Waals surface area contributed by atoms with Crippen LogP contribution in [0.15, 0.2) is 48.5 Å². The highest BCUT2D eigenvalue weighted by Crippen LogP contribution is 2.44. The molecule has 0 amide bonds. The molecule has 3 nitrogen and oxygen atoms in total. The van der Waals surface area contributed by atoms with Gasteiger partial charge in [0.05, 0.1) is 6.61 Å². The number of esters is 1. The molecule has 7 heteroatoms. The third kappa shape index (κ3) is 6.69. The van der Waals surface area contributed by atoms with Gasteiger partial charge >= 0.3 is 12.1 Å². The Morgan fingerprint density at radius 3 is 2.28 bits per heavy atom. The van der Waals surface area contributed by atoms with Crippen LogP contribution in [-0.2, 0) is 10.2 Å². The second-order valence-corrected chi connectivity index (χ2v) is 11.0. The van der Waals surface area contributed by atoms with Crippen molar-refractivity contribution in [1.29, 1.82) is 0 Å². The number of aryl methyl sites for hydroxylation is 1. The molecule has 1 aromatic heterocycles. The van der Waals surface area contributed by atoms with E-state index in [0.717, 1.165) is 39.2 Å². The first-order valence-electron chi connectivity index (χ1n) is 12.0. The van der Waals surface area contributed by atoms with Crippen molar-refractivity contribution in [3.63, 3.8) is 0 Å². The maximum atomic E-state index is 13.2. The molecule has 0 spiro atoms. The summed E-state index contributed by atoms with van der Waals surface area (Å²) >= 11 is 1.11. The highest BCUT2D eigenvalue weighted by molar-refractivity contribution is 7.14. The van der Waals surface area contributed by atoms with Gasteiger partial charge in [0.1, 0.15) is 16.7 Å². The average Bonchev–Trinajstić information content (AvgIpc) is 3.26. The molecule has 2 aromatic carbocycles. The van der Waals surface area contributed by atoms with Crippen molar-refractivity contribution in [2.75, 3.05) is 6.61 Å². The van der Waals surface area contributed by atoms with Gasteiger partial charge in [-0.15, -0.1) is 11.3 Å². The number of carbonyl (C=O) groups is 1. The SMILES string of the molecule is CCOC(=O)c1ccc(C(CCC(F)(F)F)Oc2cc(C)c(-c3ccccc3)c(C)c2C(C)(C)C)s1. The topological polar surface area (TPSA) is 35.5 Å². The van der Waals surface area contributed by atoms with E-state index in [-0.39, 0.29) is 18.4 Å². The van der Waals surface area contributed by atoms with Crippen molar-refractivity contribution in [3.8, 4) is 16.9 Å². The van der Waals surface area contributed by atoms with Crippen LogP contribution in [0.5, 0.6) is 5.75 Å². The average molecular weight is 519 g/mol. The zero-order chi connectivity index (χ0) is 26.7. The zero-order valence-electron chi connectivity index (χ0n) is 21.6. The molecule has 0 fully saturated rings. The number of halogens is 3. The molecule has 36 heavy (non-hydrogen) atoms. The standard InChI is InChI=1S/C29H33F3O3S/c1-7-34-27(33)24-14-13-23(36-24)21(15-16-29(30,31)32)35-22-17-18(2)25(20-11-9-8-10-12-20)19(3)26(22)28(4,5)6/h8-14,17,21H,7,15-16H2,1-6H3. The van der Waals surface area contributed by atoms with Crippen LogP contribution >= 0.6 is 11.3 Å². The van der Waals surface area contributed by atoms with Crippen LogP contribution in [0.4, 0.5) is 13.2 Å². The minimum Gasteiger partial charge on any atom is -0.485 e. The van der Waals surface area contributed by atoms with Gasteiger partial charge in [-0.3, -0.25) is 0 Å². The van der Waals surface area contributed by atoms with Crippen LogP contribution in [0.2, 0.25) is 0 Å². The molecule has 0 N–H and O–H groups in total. The lowest BCUT2D eigenvalue weighted by Gasteiger charge is -2.30. The Labute approximate surface area is 215 Å². The number of carbonyl (C=O) groups excluding carboxylic acids is 1. The summed E-state index contributed by atoms with van der Waals surface area (Å²) in [7, 11) is 0. The lowest BCUT2D eigenvalue weighted by atomic mass is 9.79. The van der Waals surface area contributed by atoms with Gasteiger partial charge in [0.25, 0.3) is 0 Å². The first kappa shape index (κ1) is 27.8. The van der Waals surface area contributed by atoms with E-state index >= 15 is 0 Å². The van der Waals surface area contributed by atoms with Crippen LogP contribution in [0.25, 0.3) is 11.1 Å². The maximum Gasteiger partial charge on any atom is 0.389 e. The predicted octanol–water partition coefficient (Wildman–Crippen LogP) is 8.97. The molecular formula is C29H33F3O3S. The van der Waals surface area contributed by atoms with Gasteiger partial charge in [0, 0.05) is 16.9 Å². The smallest absolute Gasteiger partial charge is 0.389 e. The van der Waals surface area contributed by atoms with Crippen LogP contribution in [0, 0.1) is 13.8 Å². The second-order valence-electron chi connectivity index (χ2n) is 9.87. The van der Waals surface area contributed by atoms with E-state index in [1.165, 1.54) is 0 Å². The summed E-state index contributed by atoms with van der Waals surface area (Å²) in [6, 6.07) is 15.2. The quantitative estimate of drug-likeness (QED) is 0.279. The molecular weight excluding hydrogens is 485 g/mol. The summed E-state index contributed by atoms with van der Waals surface area (Å²) in [5, 5.41) is 0. The highest BCUT2D eigenvalue weighted by Gasteiger charge is 2.32. The number of rotatable bonds is 8. The molecule has 3 aromatic rings. The molecule has 0 saturated carbocycles. The monoisotopic (exact) mass is 518 g/mol. The Morgan fingerprint density at radius 2 is 1.69 bits per heavy atom. The highest BCUT2D eigenvalue weighted by atomic mass is 32.1. The van der Waals surface area contributed by atoms with Crippen LogP contribution in [0.3, 0.4) is 0 Å². The molecule has 0 aliphatic rings. The molecule has 1 unspecified atom stereocenters. The van der Waals surface area contributed by atoms with Gasteiger partial charge in [0.15, 0.2) is 0 Å². The number of hydrogen-bond donors (Lipinski definition) is 0. The van der Waals surface area contributed by atoms with Crippen molar-refractivity contribution >= 4 is 17.3 Å². The minimum atomic E-state index is -4.32. The summed E-state index contributed by atoms with van der Waals surface area (Å²) in [4.78, 5) is 13.1. The largest absolute Gasteiger partial charge is 0.485 e. The van der Waals surface area contributed by atoms with Crippen molar-refractivity contribution in [3.05, 3.63) is 75.0 Å². The van der Waals surface area contributed by atoms with E-state index in [0.29, 0.717) is 15.5 Å². The lowest BCUT2D eigenvalue weighted by molar-refractivity contribution is -0.139. The fraction of sp³-hybridized carbons (Fsp3) is 0.414. The Hall–Kier alpha value is -2.80. The van der Waals surface area contributed by atoms with Gasteiger partial charge in [-0.05, 0) is 73.1 Å². The number of thiophene rings is 1. The number of alkyl halides is 3. The maximum absolute atomic E-state index is 13.2. The van der Waals surface area contributed by atoms with Gasteiger partial charge < -0.3 is 9.47 Å². The normalized spacial score (nSPS) is 12.9. The Morgan fingerprint density at radius 1 is 1.03 bits per heavy atom. The third-order valence-corrected chi connectivity index (χ3v) is 7.09. The van der Waals surface area contributed by atoms with Gasteiger partial charge in [-0.1, -0.05) is 51.1 Å². The van der Waals surface area contributed by atoms with Crippen molar-refractivity contribution in [2.45, 2.75) is 72.1 Å². The van der Waals surface area contributed by atoms with E-state index in [2.05, 4.69) is 32.9 Å². The van der Waals surface area contributed by atoms with E-state index in [1.807, 2.05) is 38.1 Å². The van der Waals surface area contributed by atoms with Gasteiger partial charge in [0.2, 0.25) is 0 Å². The minimum absolute atomic E-state index is 0.224. The Bertz CT molecular complexity index is 1190.